The number of hydrogen-bond donors (Lipinski definition) is 1. The van der Waals surface area contributed by atoms with Gasteiger partial charge < -0.3 is 10.1 Å². The molecule has 2 fully saturated rings. The number of rotatable bonds is 3. The van der Waals surface area contributed by atoms with Crippen molar-refractivity contribution in [1.82, 2.24) is 5.32 Å². The summed E-state index contributed by atoms with van der Waals surface area (Å²) in [4.78, 5) is 29.0. The third kappa shape index (κ3) is 2.71. The lowest BCUT2D eigenvalue weighted by Crippen LogP contribution is -2.28. The molecule has 1 aromatic rings. The molecule has 1 amide bonds. The van der Waals surface area contributed by atoms with Crippen molar-refractivity contribution in [2.75, 3.05) is 18.1 Å². The predicted octanol–water partition coefficient (Wildman–Crippen LogP) is 2.20. The summed E-state index contributed by atoms with van der Waals surface area (Å²) in [5.41, 5.74) is 0.856. The third-order valence-corrected chi connectivity index (χ3v) is 6.70. The zero-order valence-electron chi connectivity index (χ0n) is 12.2. The topological polar surface area (TPSA) is 50.5 Å². The number of carbonyl (C=O) groups excluding carboxylic acids is 2. The molecule has 2 aliphatic heterocycles. The Morgan fingerprint density at radius 2 is 1.91 bits per heavy atom. The highest BCUT2D eigenvalue weighted by Gasteiger charge is 2.41. The normalized spacial score (nSPS) is 24.8. The molecule has 4 nitrogen and oxygen atoms in total. The van der Waals surface area contributed by atoms with Crippen LogP contribution in [0.5, 0.6) is 0 Å². The Morgan fingerprint density at radius 1 is 1.23 bits per heavy atom. The zero-order valence-corrected chi connectivity index (χ0v) is 13.1. The van der Waals surface area contributed by atoms with Crippen molar-refractivity contribution in [2.24, 2.45) is 5.92 Å². The highest BCUT2D eigenvalue weighted by atomic mass is 32.2. The number of nitrogens with zero attached hydrogens (tertiary/aromatic N) is 1. The maximum absolute atomic E-state index is 12.9. The van der Waals surface area contributed by atoms with Gasteiger partial charge in [0.05, 0.1) is 12.5 Å². The monoisotopic (exact) mass is 314 g/mol. The number of hydrogen-bond acceptors (Lipinski definition) is 2. The molecule has 2 saturated heterocycles. The Morgan fingerprint density at radius 3 is 2.55 bits per heavy atom. The molecule has 2 atom stereocenters. The quantitative estimate of drug-likeness (QED) is 0.687. The smallest absolute Gasteiger partial charge is 0.255 e. The van der Waals surface area contributed by atoms with Gasteiger partial charge in [0.15, 0.2) is 5.78 Å². The summed E-state index contributed by atoms with van der Waals surface area (Å²) in [5, 5.41) is 2.80. The van der Waals surface area contributed by atoms with E-state index < -0.39 is 11.8 Å². The molecule has 0 spiro atoms. The van der Waals surface area contributed by atoms with E-state index in [-0.39, 0.29) is 22.2 Å². The lowest BCUT2D eigenvalue weighted by Gasteiger charge is -2.16. The average Bonchev–Trinajstić information content (AvgIpc) is 3.18. The first kappa shape index (κ1) is 15.0. The van der Waals surface area contributed by atoms with E-state index in [0.717, 1.165) is 29.9 Å². The molecule has 1 aromatic carbocycles. The van der Waals surface area contributed by atoms with E-state index in [1.807, 2.05) is 30.3 Å². The Balaban J connectivity index is 1.93. The van der Waals surface area contributed by atoms with E-state index in [1.165, 1.54) is 0 Å². The summed E-state index contributed by atoms with van der Waals surface area (Å²) in [6.45, 7) is 7.75. The van der Waals surface area contributed by atoms with Crippen LogP contribution < -0.4 is 5.32 Å². The number of ketones is 1. The lowest BCUT2D eigenvalue weighted by atomic mass is 9.85. The number of carbonyl (C=O) groups is 2. The molecule has 0 radical (unpaired) electrons. The molecule has 1 N–H and O–H groups in total. The molecular weight excluding hydrogens is 296 g/mol. The van der Waals surface area contributed by atoms with Crippen molar-refractivity contribution in [1.29, 1.82) is 0 Å². The van der Waals surface area contributed by atoms with Gasteiger partial charge in [-0.2, -0.15) is 10.5 Å². The van der Waals surface area contributed by atoms with E-state index in [9.17, 15) is 9.59 Å². The minimum Gasteiger partial charge on any atom is -0.355 e. The van der Waals surface area contributed by atoms with Gasteiger partial charge in [-0.05, 0) is 29.9 Å². The number of amides is 1. The van der Waals surface area contributed by atoms with Gasteiger partial charge in [-0.15, -0.1) is 0 Å². The van der Waals surface area contributed by atoms with Gasteiger partial charge in [-0.1, -0.05) is 30.3 Å². The fourth-order valence-corrected chi connectivity index (χ4v) is 5.44. The number of Topliss-reactive ketones (excluding diaryl/α,β-unsaturated/α-hetero) is 1. The fraction of sp³-hybridized carbons (Fsp3) is 0.412. The van der Waals surface area contributed by atoms with Crippen LogP contribution in [0.25, 0.3) is 4.85 Å². The summed E-state index contributed by atoms with van der Waals surface area (Å²) in [7, 11) is -0.200. The first-order chi connectivity index (χ1) is 10.7. The average molecular weight is 314 g/mol. The lowest BCUT2D eigenvalue weighted by molar-refractivity contribution is -0.123. The fourth-order valence-electron chi connectivity index (χ4n) is 3.18. The van der Waals surface area contributed by atoms with Crippen LogP contribution in [0, 0.1) is 12.5 Å². The molecule has 2 aliphatic rings. The Labute approximate surface area is 132 Å². The SMILES string of the molecule is [C-]#[N+]C(C(=O)[C@H]1CNC(=O)[C@@H]1c1ccccc1)=S1CCCC1. The van der Waals surface area contributed by atoms with Gasteiger partial charge in [0.1, 0.15) is 0 Å². The van der Waals surface area contributed by atoms with Gasteiger partial charge in [-0.25, -0.2) is 4.85 Å². The van der Waals surface area contributed by atoms with Crippen molar-refractivity contribution < 1.29 is 9.59 Å². The molecule has 0 bridgehead atoms. The van der Waals surface area contributed by atoms with Crippen molar-refractivity contribution in [2.45, 2.75) is 18.8 Å². The summed E-state index contributed by atoms with van der Waals surface area (Å²) in [6.07, 6.45) is 2.19. The molecule has 0 unspecified atom stereocenters. The van der Waals surface area contributed by atoms with Gasteiger partial charge >= 0.3 is 0 Å². The minimum atomic E-state index is -0.461. The summed E-state index contributed by atoms with van der Waals surface area (Å²) in [6, 6.07) is 9.40. The van der Waals surface area contributed by atoms with Crippen molar-refractivity contribution in [3.63, 3.8) is 0 Å². The highest BCUT2D eigenvalue weighted by Crippen LogP contribution is 2.34. The number of nitrogens with one attached hydrogen (secondary N) is 1. The second-order valence-corrected chi connectivity index (χ2v) is 7.82. The molecule has 114 valence electrons. The maximum Gasteiger partial charge on any atom is 0.255 e. The second-order valence-electron chi connectivity index (χ2n) is 5.63. The van der Waals surface area contributed by atoms with Gasteiger partial charge in [0.25, 0.3) is 4.99 Å². The minimum absolute atomic E-state index is 0.108. The molecule has 0 saturated carbocycles. The molecule has 2 heterocycles. The van der Waals surface area contributed by atoms with Crippen LogP contribution in [0.1, 0.15) is 24.3 Å². The maximum atomic E-state index is 12.9. The van der Waals surface area contributed by atoms with Crippen LogP contribution >= 0.6 is 10.5 Å². The Hall–Kier alpha value is -1.93. The summed E-state index contributed by atoms with van der Waals surface area (Å²) < 4.78 is 0. The first-order valence-corrected chi connectivity index (χ1v) is 9.07. The third-order valence-electron chi connectivity index (χ3n) is 4.29. The molecule has 0 aromatic heterocycles. The van der Waals surface area contributed by atoms with Crippen LogP contribution in [0.2, 0.25) is 0 Å². The van der Waals surface area contributed by atoms with Crippen LogP contribution in [0.4, 0.5) is 0 Å². The van der Waals surface area contributed by atoms with Crippen molar-refractivity contribution in [3.05, 3.63) is 47.3 Å². The van der Waals surface area contributed by atoms with Gasteiger partial charge in [0.2, 0.25) is 5.91 Å². The Kier molecular flexibility index (Phi) is 4.39. The molecule has 22 heavy (non-hydrogen) atoms. The van der Waals surface area contributed by atoms with E-state index in [2.05, 4.69) is 10.2 Å². The van der Waals surface area contributed by atoms with E-state index >= 15 is 0 Å². The van der Waals surface area contributed by atoms with Crippen molar-refractivity contribution in [3.8, 4) is 0 Å². The van der Waals surface area contributed by atoms with Crippen LogP contribution in [0.3, 0.4) is 0 Å². The number of benzene rings is 1. The van der Waals surface area contributed by atoms with Gasteiger partial charge in [-0.3, -0.25) is 4.79 Å². The van der Waals surface area contributed by atoms with Crippen LogP contribution in [0.15, 0.2) is 30.3 Å². The Bertz CT molecular complexity index is 668. The summed E-state index contributed by atoms with van der Waals surface area (Å²) >= 11 is 0. The van der Waals surface area contributed by atoms with Crippen LogP contribution in [-0.4, -0.2) is 34.7 Å². The molecule has 5 heteroatoms. The van der Waals surface area contributed by atoms with E-state index in [4.69, 9.17) is 6.57 Å². The van der Waals surface area contributed by atoms with E-state index in [1.54, 1.807) is 0 Å². The predicted molar refractivity (Wildman–Crippen MR) is 88.9 cm³/mol. The molecule has 0 aliphatic carbocycles. The van der Waals surface area contributed by atoms with Gasteiger partial charge in [0, 0.05) is 12.5 Å². The zero-order chi connectivity index (χ0) is 15.5. The van der Waals surface area contributed by atoms with E-state index in [0.29, 0.717) is 11.5 Å². The molecular formula is C17H18N2O2S. The largest absolute Gasteiger partial charge is 0.355 e. The highest BCUT2D eigenvalue weighted by molar-refractivity contribution is 8.17. The standard InChI is InChI=1S/C17H18N2O2S/c1-18-17(22-9-5-6-10-22)15(20)13-11-19-16(21)14(13)12-7-3-2-4-8-12/h2-4,7-8,13-14H,5-6,9-11H2,(H,19,21)/t13-,14+/m0/s1. The first-order valence-electron chi connectivity index (χ1n) is 7.51. The summed E-state index contributed by atoms with van der Waals surface area (Å²) in [5.74, 6) is 0.779. The second kappa shape index (κ2) is 6.45. The van der Waals surface area contributed by atoms with Crippen molar-refractivity contribution >= 4 is 27.2 Å². The molecule has 3 rings (SSSR count). The van der Waals surface area contributed by atoms with Crippen LogP contribution in [-0.2, 0) is 9.59 Å².